The van der Waals surface area contributed by atoms with Crippen molar-refractivity contribution in [1.82, 2.24) is 9.59 Å². The van der Waals surface area contributed by atoms with Crippen molar-refractivity contribution < 1.29 is 4.79 Å². The molecule has 1 amide bonds. The van der Waals surface area contributed by atoms with E-state index in [-0.39, 0.29) is 5.91 Å². The van der Waals surface area contributed by atoms with Crippen LogP contribution in [-0.4, -0.2) is 15.5 Å². The van der Waals surface area contributed by atoms with E-state index < -0.39 is 0 Å². The van der Waals surface area contributed by atoms with E-state index in [2.05, 4.69) is 21.8 Å². The number of hydrogen-bond acceptors (Lipinski definition) is 4. The molecule has 1 heterocycles. The fraction of sp³-hybridized carbons (Fsp3) is 0.167. The Hall–Kier alpha value is -2.53. The molecule has 3 aromatic rings. The van der Waals surface area contributed by atoms with Crippen molar-refractivity contribution in [3.8, 4) is 11.3 Å². The lowest BCUT2D eigenvalue weighted by Gasteiger charge is -2.09. The molecule has 0 bridgehead atoms. The van der Waals surface area contributed by atoms with Crippen molar-refractivity contribution in [2.75, 3.05) is 5.32 Å². The average molecular weight is 323 g/mol. The van der Waals surface area contributed by atoms with Crippen molar-refractivity contribution in [2.45, 2.75) is 20.3 Å². The van der Waals surface area contributed by atoms with Gasteiger partial charge in [0.25, 0.3) is 5.91 Å². The third-order valence-corrected chi connectivity index (χ3v) is 4.39. The van der Waals surface area contributed by atoms with Gasteiger partial charge in [-0.1, -0.05) is 59.4 Å². The number of carbonyl (C=O) groups is 1. The Morgan fingerprint density at radius 2 is 1.87 bits per heavy atom. The molecule has 0 saturated heterocycles. The molecule has 4 nitrogen and oxygen atoms in total. The molecule has 0 saturated carbocycles. The number of amides is 1. The van der Waals surface area contributed by atoms with E-state index in [1.807, 2.05) is 55.5 Å². The molecule has 1 aromatic heterocycles. The molecule has 0 aliphatic heterocycles. The second kappa shape index (κ2) is 6.71. The van der Waals surface area contributed by atoms with Crippen LogP contribution < -0.4 is 5.32 Å². The first-order valence-corrected chi connectivity index (χ1v) is 8.25. The summed E-state index contributed by atoms with van der Waals surface area (Å²) in [7, 11) is 0. The highest BCUT2D eigenvalue weighted by atomic mass is 32.1. The Balaban J connectivity index is 1.89. The van der Waals surface area contributed by atoms with Gasteiger partial charge in [0, 0.05) is 11.3 Å². The Labute approximate surface area is 139 Å². The largest absolute Gasteiger partial charge is 0.321 e. The number of carbonyl (C=O) groups excluding carboxylic acids is 1. The lowest BCUT2D eigenvalue weighted by Crippen LogP contribution is -2.12. The number of benzene rings is 2. The van der Waals surface area contributed by atoms with Gasteiger partial charge in [-0.2, -0.15) is 0 Å². The normalized spacial score (nSPS) is 10.5. The molecule has 3 rings (SSSR count). The highest BCUT2D eigenvalue weighted by molar-refractivity contribution is 7.08. The number of para-hydroxylation sites is 1. The summed E-state index contributed by atoms with van der Waals surface area (Å²) in [6, 6.07) is 15.7. The van der Waals surface area contributed by atoms with Gasteiger partial charge in [-0.05, 0) is 36.5 Å². The van der Waals surface area contributed by atoms with Crippen LogP contribution in [0, 0.1) is 6.92 Å². The molecule has 2 aromatic carbocycles. The predicted molar refractivity (Wildman–Crippen MR) is 93.9 cm³/mol. The second-order valence-electron chi connectivity index (χ2n) is 5.28. The van der Waals surface area contributed by atoms with E-state index in [0.29, 0.717) is 10.6 Å². The Kier molecular flexibility index (Phi) is 4.48. The summed E-state index contributed by atoms with van der Waals surface area (Å²) in [5, 5.41) is 7.11. The van der Waals surface area contributed by atoms with Crippen LogP contribution in [0.1, 0.15) is 27.7 Å². The summed E-state index contributed by atoms with van der Waals surface area (Å²) in [6.07, 6.45) is 0.863. The number of nitrogens with zero attached hydrogens (tertiary/aromatic N) is 2. The van der Waals surface area contributed by atoms with Gasteiger partial charge in [-0.25, -0.2) is 0 Å². The maximum atomic E-state index is 12.6. The van der Waals surface area contributed by atoms with E-state index in [1.165, 1.54) is 5.56 Å². The van der Waals surface area contributed by atoms with Crippen molar-refractivity contribution in [3.63, 3.8) is 0 Å². The third kappa shape index (κ3) is 3.29. The molecule has 0 unspecified atom stereocenters. The van der Waals surface area contributed by atoms with E-state index >= 15 is 0 Å². The van der Waals surface area contributed by atoms with Gasteiger partial charge in [0.2, 0.25) is 0 Å². The molecule has 0 spiro atoms. The van der Waals surface area contributed by atoms with Crippen molar-refractivity contribution >= 4 is 23.1 Å². The van der Waals surface area contributed by atoms with Gasteiger partial charge in [0.15, 0.2) is 0 Å². The molecular formula is C18H17N3OS. The molecule has 0 aliphatic rings. The standard InChI is InChI=1S/C18H17N3OS/c1-3-13-6-4-5-7-15(13)19-18(22)17-16(20-21-23-17)14-10-8-12(2)9-11-14/h4-11H,3H2,1-2H3,(H,19,22). The fourth-order valence-corrected chi connectivity index (χ4v) is 2.95. The van der Waals surface area contributed by atoms with Crippen LogP contribution in [0.3, 0.4) is 0 Å². The Morgan fingerprint density at radius 1 is 1.13 bits per heavy atom. The van der Waals surface area contributed by atoms with Crippen LogP contribution >= 0.6 is 11.5 Å². The maximum Gasteiger partial charge on any atom is 0.269 e. The highest BCUT2D eigenvalue weighted by Crippen LogP contribution is 2.26. The summed E-state index contributed by atoms with van der Waals surface area (Å²) in [5.41, 5.74) is 4.64. The summed E-state index contributed by atoms with van der Waals surface area (Å²) in [5.74, 6) is -0.170. The van der Waals surface area contributed by atoms with Gasteiger partial charge >= 0.3 is 0 Å². The minimum atomic E-state index is -0.170. The van der Waals surface area contributed by atoms with Crippen molar-refractivity contribution in [2.24, 2.45) is 0 Å². The van der Waals surface area contributed by atoms with Crippen LogP contribution in [0.25, 0.3) is 11.3 Å². The van der Waals surface area contributed by atoms with Gasteiger partial charge in [0.1, 0.15) is 10.6 Å². The number of rotatable bonds is 4. The molecule has 0 radical (unpaired) electrons. The molecule has 1 N–H and O–H groups in total. The maximum absolute atomic E-state index is 12.6. The van der Waals surface area contributed by atoms with E-state index in [0.717, 1.165) is 34.8 Å². The summed E-state index contributed by atoms with van der Waals surface area (Å²) < 4.78 is 3.96. The third-order valence-electron chi connectivity index (χ3n) is 3.67. The second-order valence-corrected chi connectivity index (χ2v) is 6.04. The minimum absolute atomic E-state index is 0.170. The van der Waals surface area contributed by atoms with Crippen molar-refractivity contribution in [3.05, 3.63) is 64.5 Å². The van der Waals surface area contributed by atoms with Gasteiger partial charge in [-0.15, -0.1) is 5.10 Å². The monoisotopic (exact) mass is 323 g/mol. The molecule has 0 fully saturated rings. The van der Waals surface area contributed by atoms with Gasteiger partial charge in [-0.3, -0.25) is 4.79 Å². The number of aryl methyl sites for hydroxylation is 2. The first-order valence-electron chi connectivity index (χ1n) is 7.47. The molecular weight excluding hydrogens is 306 g/mol. The number of aromatic nitrogens is 2. The Morgan fingerprint density at radius 3 is 2.61 bits per heavy atom. The molecule has 5 heteroatoms. The van der Waals surface area contributed by atoms with Crippen molar-refractivity contribution in [1.29, 1.82) is 0 Å². The first-order chi connectivity index (χ1) is 11.2. The van der Waals surface area contributed by atoms with E-state index in [4.69, 9.17) is 0 Å². The number of nitrogens with one attached hydrogen (secondary N) is 1. The summed E-state index contributed by atoms with van der Waals surface area (Å²) >= 11 is 1.12. The molecule has 116 valence electrons. The minimum Gasteiger partial charge on any atom is -0.321 e. The molecule has 23 heavy (non-hydrogen) atoms. The summed E-state index contributed by atoms with van der Waals surface area (Å²) in [6.45, 7) is 4.09. The number of anilines is 1. The van der Waals surface area contributed by atoms with Crippen LogP contribution in [0.4, 0.5) is 5.69 Å². The number of hydrogen-bond donors (Lipinski definition) is 1. The quantitative estimate of drug-likeness (QED) is 0.777. The van der Waals surface area contributed by atoms with Crippen LogP contribution in [0.5, 0.6) is 0 Å². The van der Waals surface area contributed by atoms with Crippen LogP contribution in [0.2, 0.25) is 0 Å². The van der Waals surface area contributed by atoms with Crippen LogP contribution in [0.15, 0.2) is 48.5 Å². The van der Waals surface area contributed by atoms with Gasteiger partial charge in [0.05, 0.1) is 0 Å². The smallest absolute Gasteiger partial charge is 0.269 e. The Bertz CT molecular complexity index is 824. The zero-order valence-corrected chi connectivity index (χ0v) is 13.9. The molecule has 0 atom stereocenters. The van der Waals surface area contributed by atoms with Gasteiger partial charge < -0.3 is 5.32 Å². The summed E-state index contributed by atoms with van der Waals surface area (Å²) in [4.78, 5) is 13.2. The lowest BCUT2D eigenvalue weighted by molar-refractivity contribution is 0.103. The highest BCUT2D eigenvalue weighted by Gasteiger charge is 2.18. The average Bonchev–Trinajstić information content (AvgIpc) is 3.06. The topological polar surface area (TPSA) is 54.9 Å². The lowest BCUT2D eigenvalue weighted by atomic mass is 10.1. The van der Waals surface area contributed by atoms with E-state index in [9.17, 15) is 4.79 Å². The fourth-order valence-electron chi connectivity index (χ4n) is 2.37. The predicted octanol–water partition coefficient (Wildman–Crippen LogP) is 4.33. The first kappa shape index (κ1) is 15.4. The SMILES string of the molecule is CCc1ccccc1NC(=O)c1snnc1-c1ccc(C)cc1. The van der Waals surface area contributed by atoms with Crippen LogP contribution in [-0.2, 0) is 6.42 Å². The zero-order chi connectivity index (χ0) is 16.2. The zero-order valence-electron chi connectivity index (χ0n) is 13.0. The van der Waals surface area contributed by atoms with E-state index in [1.54, 1.807) is 0 Å². The molecule has 0 aliphatic carbocycles.